The van der Waals surface area contributed by atoms with Gasteiger partial charge in [-0.1, -0.05) is 48.5 Å². The maximum Gasteiger partial charge on any atom is 0.265 e. The van der Waals surface area contributed by atoms with E-state index in [-0.39, 0.29) is 18.1 Å². The van der Waals surface area contributed by atoms with E-state index in [1.54, 1.807) is 12.1 Å². The van der Waals surface area contributed by atoms with Crippen molar-refractivity contribution in [2.45, 2.75) is 32.0 Å². The zero-order valence-corrected chi connectivity index (χ0v) is 17.2. The van der Waals surface area contributed by atoms with Gasteiger partial charge in [-0.15, -0.1) is 0 Å². The normalized spacial score (nSPS) is 20.0. The number of fused-ring (bicyclic) bond motifs is 3. The van der Waals surface area contributed by atoms with Crippen LogP contribution in [0.4, 0.5) is 11.4 Å². The number of nitrogens with one attached hydrogen (secondary N) is 1. The van der Waals surface area contributed by atoms with E-state index >= 15 is 0 Å². The number of aryl methyl sites for hydroxylation is 2. The Bertz CT molecular complexity index is 1080. The first-order valence-corrected chi connectivity index (χ1v) is 10.3. The minimum absolute atomic E-state index is 0.0953. The summed E-state index contributed by atoms with van der Waals surface area (Å²) in [5.41, 5.74) is 8.78. The van der Waals surface area contributed by atoms with Gasteiger partial charge in [0.15, 0.2) is 6.17 Å². The third-order valence-corrected chi connectivity index (χ3v) is 6.08. The lowest BCUT2D eigenvalue weighted by molar-refractivity contribution is -0.128. The van der Waals surface area contributed by atoms with Crippen LogP contribution in [0, 0.1) is 6.92 Å². The van der Waals surface area contributed by atoms with E-state index < -0.39 is 0 Å². The lowest BCUT2D eigenvalue weighted by Crippen LogP contribution is -2.38. The number of hydrogen-bond donors (Lipinski definition) is 1. The first-order chi connectivity index (χ1) is 14.7. The number of carbonyl (C=O) groups is 1. The van der Waals surface area contributed by atoms with Crippen LogP contribution >= 0.6 is 0 Å². The summed E-state index contributed by atoms with van der Waals surface area (Å²) in [6, 6.07) is 24.3. The van der Waals surface area contributed by atoms with Gasteiger partial charge >= 0.3 is 0 Å². The molecule has 2 aliphatic rings. The van der Waals surface area contributed by atoms with Crippen LogP contribution in [0.1, 0.15) is 29.3 Å². The van der Waals surface area contributed by atoms with E-state index in [2.05, 4.69) is 40.7 Å². The fourth-order valence-electron chi connectivity index (χ4n) is 4.60. The molecule has 0 aliphatic carbocycles. The predicted octanol–water partition coefficient (Wildman–Crippen LogP) is 4.69. The van der Waals surface area contributed by atoms with E-state index in [9.17, 15) is 4.79 Å². The summed E-state index contributed by atoms with van der Waals surface area (Å²) in [6.45, 7) is 2.03. The summed E-state index contributed by atoms with van der Waals surface area (Å²) in [7, 11) is 1.69. The second-order valence-corrected chi connectivity index (χ2v) is 7.88. The predicted molar refractivity (Wildman–Crippen MR) is 118 cm³/mol. The SMILES string of the molecule is COc1cc(C2N(Nc3ccccc3)C(=O)C3CCc4ccccc4N32)ccc1C. The number of amides is 1. The van der Waals surface area contributed by atoms with E-state index in [0.29, 0.717) is 0 Å². The molecule has 2 atom stereocenters. The van der Waals surface area contributed by atoms with Crippen LogP contribution < -0.4 is 15.1 Å². The fourth-order valence-corrected chi connectivity index (χ4v) is 4.60. The van der Waals surface area contributed by atoms with E-state index in [1.807, 2.05) is 49.4 Å². The largest absolute Gasteiger partial charge is 0.496 e. The average Bonchev–Trinajstić information content (AvgIpc) is 3.07. The molecule has 1 amide bonds. The Balaban J connectivity index is 1.64. The Morgan fingerprint density at radius 2 is 1.77 bits per heavy atom. The standard InChI is InChI=1S/C25H25N3O2/c1-17-12-13-19(16-23(17)30-2)24-27-21-11-7-6-8-18(21)14-15-22(27)25(29)28(24)26-20-9-4-3-5-10-20/h3-13,16,22,24,26H,14-15H2,1-2H3. The van der Waals surface area contributed by atoms with Crippen LogP contribution in [0.5, 0.6) is 5.75 Å². The molecule has 2 unspecified atom stereocenters. The fraction of sp³-hybridized carbons (Fsp3) is 0.240. The van der Waals surface area contributed by atoms with Gasteiger partial charge in [0.1, 0.15) is 11.8 Å². The molecule has 5 heteroatoms. The van der Waals surface area contributed by atoms with E-state index in [4.69, 9.17) is 4.74 Å². The Hall–Kier alpha value is -3.47. The maximum absolute atomic E-state index is 13.5. The highest BCUT2D eigenvalue weighted by Gasteiger charge is 2.49. The molecule has 2 aliphatic heterocycles. The number of nitrogens with zero attached hydrogens (tertiary/aromatic N) is 2. The molecule has 0 spiro atoms. The summed E-state index contributed by atoms with van der Waals surface area (Å²) >= 11 is 0. The van der Waals surface area contributed by atoms with Gasteiger partial charge in [0, 0.05) is 11.3 Å². The van der Waals surface area contributed by atoms with Crippen LogP contribution in [-0.2, 0) is 11.2 Å². The van der Waals surface area contributed by atoms with Crippen LogP contribution in [-0.4, -0.2) is 24.1 Å². The number of anilines is 2. The van der Waals surface area contributed by atoms with Crippen molar-refractivity contribution in [3.05, 3.63) is 89.5 Å². The highest BCUT2D eigenvalue weighted by atomic mass is 16.5. The van der Waals surface area contributed by atoms with Gasteiger partial charge in [-0.05, 0) is 55.2 Å². The second-order valence-electron chi connectivity index (χ2n) is 7.88. The van der Waals surface area contributed by atoms with Crippen LogP contribution in [0.15, 0.2) is 72.8 Å². The van der Waals surface area contributed by atoms with Crippen molar-refractivity contribution in [2.75, 3.05) is 17.4 Å². The first-order valence-electron chi connectivity index (χ1n) is 10.3. The van der Waals surface area contributed by atoms with Crippen molar-refractivity contribution < 1.29 is 9.53 Å². The number of carbonyl (C=O) groups excluding carboxylic acids is 1. The Labute approximate surface area is 176 Å². The highest BCUT2D eigenvalue weighted by Crippen LogP contribution is 2.45. The molecule has 0 radical (unpaired) electrons. The molecule has 1 N–H and O–H groups in total. The number of rotatable bonds is 4. The number of hydrazine groups is 1. The molecule has 1 fully saturated rings. The van der Waals surface area contributed by atoms with Gasteiger partial charge in [-0.3, -0.25) is 10.2 Å². The van der Waals surface area contributed by atoms with Crippen LogP contribution in [0.25, 0.3) is 0 Å². The molecule has 3 aromatic rings. The number of para-hydroxylation sites is 2. The summed E-state index contributed by atoms with van der Waals surface area (Å²) in [4.78, 5) is 15.8. The molecule has 30 heavy (non-hydrogen) atoms. The van der Waals surface area contributed by atoms with Crippen molar-refractivity contribution in [3.8, 4) is 5.75 Å². The molecule has 5 rings (SSSR count). The zero-order valence-electron chi connectivity index (χ0n) is 17.2. The molecular weight excluding hydrogens is 374 g/mol. The van der Waals surface area contributed by atoms with Gasteiger partial charge in [0.2, 0.25) is 0 Å². The molecule has 3 aromatic carbocycles. The third kappa shape index (κ3) is 2.98. The topological polar surface area (TPSA) is 44.8 Å². The molecule has 0 aromatic heterocycles. The Morgan fingerprint density at radius 3 is 2.57 bits per heavy atom. The maximum atomic E-state index is 13.5. The monoisotopic (exact) mass is 399 g/mol. The van der Waals surface area contributed by atoms with E-state index in [1.165, 1.54) is 5.56 Å². The molecular formula is C25H25N3O2. The Morgan fingerprint density at radius 1 is 1.00 bits per heavy atom. The summed E-state index contributed by atoms with van der Waals surface area (Å²) in [5.74, 6) is 0.922. The van der Waals surface area contributed by atoms with Crippen LogP contribution in [0.2, 0.25) is 0 Å². The lowest BCUT2D eigenvalue weighted by atomic mass is 9.95. The van der Waals surface area contributed by atoms with Gasteiger partial charge in [0.05, 0.1) is 12.8 Å². The van der Waals surface area contributed by atoms with Crippen molar-refractivity contribution in [3.63, 3.8) is 0 Å². The third-order valence-electron chi connectivity index (χ3n) is 6.08. The second kappa shape index (κ2) is 7.41. The minimum atomic E-state index is -0.265. The van der Waals surface area contributed by atoms with Gasteiger partial charge < -0.3 is 9.64 Å². The minimum Gasteiger partial charge on any atom is -0.496 e. The number of methoxy groups -OCH3 is 1. The van der Waals surface area contributed by atoms with Crippen molar-refractivity contribution in [2.24, 2.45) is 0 Å². The summed E-state index contributed by atoms with van der Waals surface area (Å²) in [6.07, 6.45) is 1.45. The van der Waals surface area contributed by atoms with Gasteiger partial charge in [-0.25, -0.2) is 5.01 Å². The molecule has 0 bridgehead atoms. The van der Waals surface area contributed by atoms with Gasteiger partial charge in [0.25, 0.3) is 5.91 Å². The quantitative estimate of drug-likeness (QED) is 0.691. The number of ether oxygens (including phenoxy) is 1. The van der Waals surface area contributed by atoms with Crippen molar-refractivity contribution in [1.29, 1.82) is 0 Å². The molecule has 152 valence electrons. The first kappa shape index (κ1) is 18.6. The molecule has 1 saturated heterocycles. The number of benzene rings is 3. The molecule has 2 heterocycles. The smallest absolute Gasteiger partial charge is 0.265 e. The van der Waals surface area contributed by atoms with Crippen LogP contribution in [0.3, 0.4) is 0 Å². The van der Waals surface area contributed by atoms with Gasteiger partial charge in [-0.2, -0.15) is 0 Å². The van der Waals surface area contributed by atoms with Crippen molar-refractivity contribution in [1.82, 2.24) is 5.01 Å². The Kier molecular flexibility index (Phi) is 4.58. The van der Waals surface area contributed by atoms with Crippen molar-refractivity contribution >= 4 is 17.3 Å². The molecule has 0 saturated carbocycles. The molecule has 5 nitrogen and oxygen atoms in total. The summed E-state index contributed by atoms with van der Waals surface area (Å²) in [5, 5.41) is 1.78. The summed E-state index contributed by atoms with van der Waals surface area (Å²) < 4.78 is 5.59. The van der Waals surface area contributed by atoms with E-state index in [0.717, 1.165) is 41.1 Å². The lowest BCUT2D eigenvalue weighted by Gasteiger charge is -2.37. The average molecular weight is 399 g/mol. The highest BCUT2D eigenvalue weighted by molar-refractivity contribution is 5.92. The number of hydrogen-bond acceptors (Lipinski definition) is 4. The zero-order chi connectivity index (χ0) is 20.7.